The number of amidine groups is 1. The Balaban J connectivity index is 1.57. The number of piperazine rings is 1. The quantitative estimate of drug-likeness (QED) is 0.818. The van der Waals surface area contributed by atoms with Crippen LogP contribution in [0.5, 0.6) is 0 Å². The molecule has 0 aliphatic carbocycles. The highest BCUT2D eigenvalue weighted by atomic mass is 32.1. The van der Waals surface area contributed by atoms with Crippen molar-refractivity contribution in [2.75, 3.05) is 38.0 Å². The van der Waals surface area contributed by atoms with Crippen LogP contribution in [0.4, 0.5) is 20.8 Å². The second kappa shape index (κ2) is 7.18. The van der Waals surface area contributed by atoms with Crippen LogP contribution < -0.4 is 5.32 Å². The topological polar surface area (TPSA) is 68.2 Å². The van der Waals surface area contributed by atoms with Gasteiger partial charge in [-0.1, -0.05) is 0 Å². The molecule has 0 saturated carbocycles. The number of hydrogen-bond donors (Lipinski definition) is 2. The Morgan fingerprint density at radius 3 is 2.75 bits per heavy atom. The van der Waals surface area contributed by atoms with Crippen LogP contribution in [-0.4, -0.2) is 59.4 Å². The summed E-state index contributed by atoms with van der Waals surface area (Å²) in [6.07, 6.45) is 0. The lowest BCUT2D eigenvalue weighted by molar-refractivity contribution is -0.148. The molecule has 2 aromatic rings. The molecule has 0 bridgehead atoms. The maximum Gasteiger partial charge on any atom is 0.310 e. The van der Waals surface area contributed by atoms with Crippen molar-refractivity contribution >= 4 is 39.5 Å². The number of anilines is 2. The molecule has 8 heteroatoms. The normalized spacial score (nSPS) is 17.2. The number of nitrogens with one attached hydrogen (secondary N) is 1. The Bertz CT molecular complexity index is 932. The van der Waals surface area contributed by atoms with E-state index in [9.17, 15) is 14.3 Å². The second-order valence-electron chi connectivity index (χ2n) is 7.84. The zero-order valence-corrected chi connectivity index (χ0v) is 16.7. The summed E-state index contributed by atoms with van der Waals surface area (Å²) in [5.74, 6) is -0.254. The number of aliphatic imine (C=N–C) groups is 1. The summed E-state index contributed by atoms with van der Waals surface area (Å²) in [7, 11) is 0. The van der Waals surface area contributed by atoms with Crippen molar-refractivity contribution in [1.29, 1.82) is 0 Å². The number of nitrogens with zero attached hydrogens (tertiary/aromatic N) is 3. The van der Waals surface area contributed by atoms with Crippen LogP contribution in [0.2, 0.25) is 0 Å². The molecule has 6 nitrogen and oxygen atoms in total. The lowest BCUT2D eigenvalue weighted by atomic mass is 9.93. The predicted octanol–water partition coefficient (Wildman–Crippen LogP) is 3.75. The maximum absolute atomic E-state index is 13.8. The molecule has 2 aliphatic heterocycles. The van der Waals surface area contributed by atoms with Crippen LogP contribution in [-0.2, 0) is 4.79 Å². The average Bonchev–Trinajstić information content (AvgIpc) is 3.04. The SMILES string of the molecule is CC(C)(CN1CCN(C2=Nc3cc(F)ccc3Nc3sccc32)CC1)C(=O)O. The Hall–Kier alpha value is -2.45. The molecule has 2 N–H and O–H groups in total. The first-order chi connectivity index (χ1) is 13.3. The monoisotopic (exact) mass is 402 g/mol. The summed E-state index contributed by atoms with van der Waals surface area (Å²) >= 11 is 1.60. The van der Waals surface area contributed by atoms with Crippen molar-refractivity contribution in [2.45, 2.75) is 13.8 Å². The molecule has 0 spiro atoms. The van der Waals surface area contributed by atoms with Gasteiger partial charge in [-0.15, -0.1) is 11.3 Å². The summed E-state index contributed by atoms with van der Waals surface area (Å²) in [4.78, 5) is 20.6. The highest BCUT2D eigenvalue weighted by Crippen LogP contribution is 2.38. The van der Waals surface area contributed by atoms with Gasteiger partial charge in [0.2, 0.25) is 0 Å². The first-order valence-corrected chi connectivity index (χ1v) is 10.2. The zero-order chi connectivity index (χ0) is 19.9. The fraction of sp³-hybridized carbons (Fsp3) is 0.400. The number of aliphatic carboxylic acids is 1. The van der Waals surface area contributed by atoms with Gasteiger partial charge in [-0.2, -0.15) is 0 Å². The summed E-state index contributed by atoms with van der Waals surface area (Å²) in [5, 5.41) is 15.8. The van der Waals surface area contributed by atoms with Crippen LogP contribution in [0.1, 0.15) is 19.4 Å². The van der Waals surface area contributed by atoms with Crippen LogP contribution in [0.15, 0.2) is 34.6 Å². The van der Waals surface area contributed by atoms with Gasteiger partial charge >= 0.3 is 5.97 Å². The Morgan fingerprint density at radius 2 is 2.04 bits per heavy atom. The van der Waals surface area contributed by atoms with Gasteiger partial charge in [0.05, 0.1) is 22.4 Å². The lowest BCUT2D eigenvalue weighted by Crippen LogP contribution is -2.52. The first-order valence-electron chi connectivity index (χ1n) is 9.27. The maximum atomic E-state index is 13.8. The molecule has 4 rings (SSSR count). The molecule has 0 unspecified atom stereocenters. The number of halogens is 1. The van der Waals surface area contributed by atoms with Crippen LogP contribution in [0, 0.1) is 11.2 Å². The number of fused-ring (bicyclic) bond motifs is 2. The number of carbonyl (C=O) groups is 1. The molecule has 0 atom stereocenters. The van der Waals surface area contributed by atoms with Crippen molar-refractivity contribution in [3.05, 3.63) is 41.0 Å². The third-order valence-electron chi connectivity index (χ3n) is 5.21. The van der Waals surface area contributed by atoms with E-state index in [0.29, 0.717) is 12.2 Å². The fourth-order valence-corrected chi connectivity index (χ4v) is 4.36. The smallest absolute Gasteiger partial charge is 0.310 e. The summed E-state index contributed by atoms with van der Waals surface area (Å²) in [6, 6.07) is 6.63. The van der Waals surface area contributed by atoms with E-state index >= 15 is 0 Å². The minimum absolute atomic E-state index is 0.311. The van der Waals surface area contributed by atoms with Gasteiger partial charge in [-0.3, -0.25) is 9.69 Å². The van der Waals surface area contributed by atoms with Crippen molar-refractivity contribution in [1.82, 2.24) is 9.80 Å². The van der Waals surface area contributed by atoms with Gasteiger partial charge in [-0.05, 0) is 37.4 Å². The van der Waals surface area contributed by atoms with Crippen LogP contribution in [0.3, 0.4) is 0 Å². The number of rotatable bonds is 3. The van der Waals surface area contributed by atoms with Gasteiger partial charge in [0.25, 0.3) is 0 Å². The van der Waals surface area contributed by atoms with Crippen molar-refractivity contribution < 1.29 is 14.3 Å². The minimum atomic E-state index is -0.782. The Kier molecular flexibility index (Phi) is 4.84. The molecule has 0 amide bonds. The van der Waals surface area contributed by atoms with E-state index in [1.54, 1.807) is 31.3 Å². The van der Waals surface area contributed by atoms with Gasteiger partial charge in [-0.25, -0.2) is 9.38 Å². The van der Waals surface area contributed by atoms with Gasteiger partial charge in [0, 0.05) is 38.8 Å². The molecule has 1 aromatic heterocycles. The molecule has 1 fully saturated rings. The third-order valence-corrected chi connectivity index (χ3v) is 6.04. The van der Waals surface area contributed by atoms with Gasteiger partial charge in [0.15, 0.2) is 0 Å². The summed E-state index contributed by atoms with van der Waals surface area (Å²) in [6.45, 7) is 7.04. The van der Waals surface area contributed by atoms with Crippen molar-refractivity contribution in [3.8, 4) is 0 Å². The standard InChI is InChI=1S/C20H23FN4O2S/c1-20(2,19(26)27)12-24-6-8-25(9-7-24)17-14-5-10-28-18(14)23-15-4-3-13(21)11-16(15)22-17/h3-5,10-11,23H,6-9,12H2,1-2H3,(H,26,27). The second-order valence-corrected chi connectivity index (χ2v) is 8.75. The number of carboxylic acids is 1. The number of thiophene rings is 1. The van der Waals surface area contributed by atoms with E-state index in [1.807, 2.05) is 11.4 Å². The first kappa shape index (κ1) is 18.9. The minimum Gasteiger partial charge on any atom is -0.481 e. The van der Waals surface area contributed by atoms with E-state index in [2.05, 4.69) is 15.1 Å². The zero-order valence-electron chi connectivity index (χ0n) is 15.9. The van der Waals surface area contributed by atoms with Crippen molar-refractivity contribution in [2.24, 2.45) is 10.4 Å². The lowest BCUT2D eigenvalue weighted by Gasteiger charge is -2.38. The fourth-order valence-electron chi connectivity index (χ4n) is 3.57. The Labute approximate surface area is 167 Å². The number of benzene rings is 1. The molecule has 28 heavy (non-hydrogen) atoms. The molecule has 2 aliphatic rings. The van der Waals surface area contributed by atoms with Gasteiger partial charge < -0.3 is 15.3 Å². The highest BCUT2D eigenvalue weighted by molar-refractivity contribution is 7.14. The molecule has 1 aromatic carbocycles. The summed E-state index contributed by atoms with van der Waals surface area (Å²) in [5.41, 5.74) is 1.62. The largest absolute Gasteiger partial charge is 0.481 e. The molecule has 0 radical (unpaired) electrons. The van der Waals surface area contributed by atoms with Crippen molar-refractivity contribution in [3.63, 3.8) is 0 Å². The van der Waals surface area contributed by atoms with E-state index in [4.69, 9.17) is 4.99 Å². The molecular weight excluding hydrogens is 379 g/mol. The molecule has 3 heterocycles. The van der Waals surface area contributed by atoms with E-state index in [-0.39, 0.29) is 5.82 Å². The van der Waals surface area contributed by atoms with Crippen LogP contribution >= 0.6 is 11.3 Å². The Morgan fingerprint density at radius 1 is 1.29 bits per heavy atom. The highest BCUT2D eigenvalue weighted by Gasteiger charge is 2.32. The molecular formula is C20H23FN4O2S. The predicted molar refractivity (Wildman–Crippen MR) is 110 cm³/mol. The van der Waals surface area contributed by atoms with Crippen LogP contribution in [0.25, 0.3) is 0 Å². The van der Waals surface area contributed by atoms with Gasteiger partial charge in [0.1, 0.15) is 16.7 Å². The van der Waals surface area contributed by atoms with E-state index in [1.165, 1.54) is 12.1 Å². The average molecular weight is 402 g/mol. The third kappa shape index (κ3) is 3.62. The molecule has 148 valence electrons. The van der Waals surface area contributed by atoms with E-state index < -0.39 is 11.4 Å². The number of hydrogen-bond acceptors (Lipinski definition) is 6. The van der Waals surface area contributed by atoms with E-state index in [0.717, 1.165) is 48.3 Å². The summed E-state index contributed by atoms with van der Waals surface area (Å²) < 4.78 is 13.8. The number of carboxylic acid groups (broad SMARTS) is 1. The molecule has 1 saturated heterocycles.